The minimum Gasteiger partial charge on any atom is -0.383 e. The number of allylic oxidation sites excluding steroid dienone is 4. The summed E-state index contributed by atoms with van der Waals surface area (Å²) in [5.74, 6) is -3.89. The van der Waals surface area contributed by atoms with Gasteiger partial charge in [-0.1, -0.05) is 31.4 Å². The first-order chi connectivity index (χ1) is 12.5. The summed E-state index contributed by atoms with van der Waals surface area (Å²) in [6.45, 7) is 8.24. The number of hydrogen-bond donors (Lipinski definition) is 1. The van der Waals surface area contributed by atoms with Crippen LogP contribution in [0.25, 0.3) is 16.5 Å². The van der Waals surface area contributed by atoms with Crippen molar-refractivity contribution in [3.05, 3.63) is 54.7 Å². The molecule has 3 rings (SSSR count). The maximum atomic E-state index is 15.1. The number of nitrogens with two attached hydrogens (primary N) is 1. The molecule has 2 heterocycles. The van der Waals surface area contributed by atoms with Gasteiger partial charge >= 0.3 is 0 Å². The Morgan fingerprint density at radius 2 is 1.77 bits per heavy atom. The molecule has 0 radical (unpaired) electrons. The van der Waals surface area contributed by atoms with Crippen LogP contribution in [0, 0.1) is 17.5 Å². The minimum absolute atomic E-state index is 0.0442. The minimum atomic E-state index is -1.31. The summed E-state index contributed by atoms with van der Waals surface area (Å²) in [5.41, 5.74) is 5.33. The van der Waals surface area contributed by atoms with Crippen molar-refractivity contribution in [3.63, 3.8) is 0 Å². The topological polar surface area (TPSA) is 64.3 Å². The highest BCUT2D eigenvalue weighted by Crippen LogP contribution is 2.35. The third kappa shape index (κ3) is 2.92. The van der Waals surface area contributed by atoms with Crippen molar-refractivity contribution in [2.45, 2.75) is 0 Å². The first-order valence-corrected chi connectivity index (χ1v) is 7.91. The molecule has 2 aromatic rings. The van der Waals surface area contributed by atoms with Crippen LogP contribution in [0.2, 0.25) is 0 Å². The van der Waals surface area contributed by atoms with E-state index < -0.39 is 28.5 Å². The molecule has 1 saturated heterocycles. The highest BCUT2D eigenvalue weighted by Gasteiger charge is 2.28. The van der Waals surface area contributed by atoms with Gasteiger partial charge in [-0.05, 0) is 0 Å². The summed E-state index contributed by atoms with van der Waals surface area (Å²) in [6.07, 6.45) is 4.46. The van der Waals surface area contributed by atoms with Gasteiger partial charge in [-0.15, -0.1) is 0 Å². The van der Waals surface area contributed by atoms with Gasteiger partial charge in [0, 0.05) is 18.7 Å². The molecular formula is C18H17F3N4O. The maximum Gasteiger partial charge on any atom is 0.186 e. The van der Waals surface area contributed by atoms with Gasteiger partial charge < -0.3 is 15.4 Å². The van der Waals surface area contributed by atoms with Crippen LogP contribution in [0.1, 0.15) is 5.82 Å². The zero-order valence-electron chi connectivity index (χ0n) is 13.9. The van der Waals surface area contributed by atoms with E-state index in [0.717, 1.165) is 0 Å². The highest BCUT2D eigenvalue weighted by molar-refractivity contribution is 5.93. The van der Waals surface area contributed by atoms with E-state index in [1.807, 2.05) is 0 Å². The van der Waals surface area contributed by atoms with Crippen molar-refractivity contribution < 1.29 is 17.9 Å². The van der Waals surface area contributed by atoms with Gasteiger partial charge in [-0.25, -0.2) is 23.1 Å². The van der Waals surface area contributed by atoms with Gasteiger partial charge in [-0.2, -0.15) is 0 Å². The van der Waals surface area contributed by atoms with Crippen molar-refractivity contribution in [3.8, 4) is 0 Å². The van der Waals surface area contributed by atoms with Crippen LogP contribution < -0.4 is 10.6 Å². The normalized spacial score (nSPS) is 15.3. The zero-order valence-corrected chi connectivity index (χ0v) is 13.9. The summed E-state index contributed by atoms with van der Waals surface area (Å²) < 4.78 is 49.4. The summed E-state index contributed by atoms with van der Waals surface area (Å²) in [4.78, 5) is 9.41. The lowest BCUT2D eigenvalue weighted by Gasteiger charge is -2.29. The Labute approximate surface area is 148 Å². The Morgan fingerprint density at radius 1 is 1.08 bits per heavy atom. The molecule has 0 bridgehead atoms. The molecule has 1 aliphatic rings. The number of halogens is 3. The SMILES string of the molecule is C=C/C=C(\C=C)c1nc(N)c2c(F)c(F)c(N3CCOCC3)c(F)c2n1. The van der Waals surface area contributed by atoms with E-state index in [4.69, 9.17) is 10.5 Å². The van der Waals surface area contributed by atoms with E-state index in [1.54, 1.807) is 6.08 Å². The fourth-order valence-electron chi connectivity index (χ4n) is 2.83. The second-order valence-electron chi connectivity index (χ2n) is 5.61. The fraction of sp³-hybridized carbons (Fsp3) is 0.222. The third-order valence-electron chi connectivity index (χ3n) is 4.08. The van der Waals surface area contributed by atoms with E-state index in [9.17, 15) is 8.78 Å². The number of morpholine rings is 1. The molecule has 1 aromatic heterocycles. The van der Waals surface area contributed by atoms with Gasteiger partial charge in [0.15, 0.2) is 23.3 Å². The molecule has 0 aliphatic carbocycles. The third-order valence-corrected chi connectivity index (χ3v) is 4.08. The monoisotopic (exact) mass is 362 g/mol. The Bertz CT molecular complexity index is 921. The van der Waals surface area contributed by atoms with Crippen molar-refractivity contribution >= 4 is 28.0 Å². The molecule has 5 nitrogen and oxygen atoms in total. The van der Waals surface area contributed by atoms with E-state index in [1.165, 1.54) is 17.1 Å². The molecule has 26 heavy (non-hydrogen) atoms. The predicted molar refractivity (Wildman–Crippen MR) is 95.2 cm³/mol. The molecule has 2 N–H and O–H groups in total. The summed E-state index contributed by atoms with van der Waals surface area (Å²) in [6, 6.07) is 0. The van der Waals surface area contributed by atoms with Crippen LogP contribution in [0.5, 0.6) is 0 Å². The largest absolute Gasteiger partial charge is 0.383 e. The number of fused-ring (bicyclic) bond motifs is 1. The number of ether oxygens (including phenoxy) is 1. The standard InChI is InChI=1S/C18H17F3N4O/c1-3-5-10(4-2)18-23-15-11(17(22)24-18)12(19)13(20)16(14(15)21)25-6-8-26-9-7-25/h3-5H,1-2,6-9H2,(H2,22,23,24)/b10-5+. The number of rotatable bonds is 4. The number of anilines is 2. The smallest absolute Gasteiger partial charge is 0.186 e. The first-order valence-electron chi connectivity index (χ1n) is 7.91. The fourth-order valence-corrected chi connectivity index (χ4v) is 2.83. The highest BCUT2D eigenvalue weighted by atomic mass is 19.2. The van der Waals surface area contributed by atoms with E-state index in [0.29, 0.717) is 18.8 Å². The molecule has 8 heteroatoms. The second-order valence-corrected chi connectivity index (χ2v) is 5.61. The van der Waals surface area contributed by atoms with Crippen LogP contribution in [0.3, 0.4) is 0 Å². The zero-order chi connectivity index (χ0) is 18.8. The van der Waals surface area contributed by atoms with Crippen LogP contribution >= 0.6 is 0 Å². The summed E-state index contributed by atoms with van der Waals surface area (Å²) >= 11 is 0. The van der Waals surface area contributed by atoms with Crippen LogP contribution in [-0.2, 0) is 4.74 Å². The molecule has 0 amide bonds. The Kier molecular flexibility index (Phi) is 4.94. The van der Waals surface area contributed by atoms with Crippen molar-refractivity contribution in [1.29, 1.82) is 0 Å². The summed E-state index contributed by atoms with van der Waals surface area (Å²) in [5, 5.41) is -0.484. The van der Waals surface area contributed by atoms with Gasteiger partial charge in [-0.3, -0.25) is 0 Å². The predicted octanol–water partition coefficient (Wildman–Crippen LogP) is 3.22. The average molecular weight is 362 g/mol. The lowest BCUT2D eigenvalue weighted by molar-refractivity contribution is 0.122. The molecule has 0 atom stereocenters. The van der Waals surface area contributed by atoms with Crippen molar-refractivity contribution in [2.24, 2.45) is 0 Å². The first kappa shape index (κ1) is 17.9. The lowest BCUT2D eigenvalue weighted by atomic mass is 10.1. The second kappa shape index (κ2) is 7.17. The number of aromatic nitrogens is 2. The average Bonchev–Trinajstić information content (AvgIpc) is 2.64. The van der Waals surface area contributed by atoms with E-state index in [2.05, 4.69) is 23.1 Å². The van der Waals surface area contributed by atoms with E-state index >= 15 is 4.39 Å². The molecule has 0 saturated carbocycles. The number of nitrogen functional groups attached to an aromatic ring is 1. The number of benzene rings is 1. The molecule has 0 unspecified atom stereocenters. The van der Waals surface area contributed by atoms with Gasteiger partial charge in [0.1, 0.15) is 17.0 Å². The molecule has 1 aromatic carbocycles. The lowest BCUT2D eigenvalue weighted by Crippen LogP contribution is -2.37. The molecule has 1 aliphatic heterocycles. The quantitative estimate of drug-likeness (QED) is 0.668. The molecule has 1 fully saturated rings. The Morgan fingerprint density at radius 3 is 2.38 bits per heavy atom. The molecule has 136 valence electrons. The van der Waals surface area contributed by atoms with Crippen LogP contribution in [0.15, 0.2) is 31.4 Å². The maximum absolute atomic E-state index is 15.1. The van der Waals surface area contributed by atoms with Crippen LogP contribution in [0.4, 0.5) is 24.7 Å². The summed E-state index contributed by atoms with van der Waals surface area (Å²) in [7, 11) is 0. The van der Waals surface area contributed by atoms with Crippen LogP contribution in [-0.4, -0.2) is 36.3 Å². The number of nitrogens with zero attached hydrogens (tertiary/aromatic N) is 3. The van der Waals surface area contributed by atoms with Crippen molar-refractivity contribution in [1.82, 2.24) is 9.97 Å². The van der Waals surface area contributed by atoms with Crippen molar-refractivity contribution in [2.75, 3.05) is 36.9 Å². The van der Waals surface area contributed by atoms with E-state index in [-0.39, 0.29) is 30.2 Å². The van der Waals surface area contributed by atoms with Gasteiger partial charge in [0.2, 0.25) is 0 Å². The van der Waals surface area contributed by atoms with Gasteiger partial charge in [0.05, 0.1) is 18.6 Å². The number of hydrogen-bond acceptors (Lipinski definition) is 5. The Balaban J connectivity index is 2.30. The Hall–Kier alpha value is -2.87. The molecule has 0 spiro atoms. The molecular weight excluding hydrogens is 345 g/mol. The van der Waals surface area contributed by atoms with Gasteiger partial charge in [0.25, 0.3) is 0 Å².